The molecule has 0 bridgehead atoms. The molecule has 0 spiro atoms. The van der Waals surface area contributed by atoms with Gasteiger partial charge in [-0.3, -0.25) is 4.79 Å². The highest BCUT2D eigenvalue weighted by atomic mass is 16.5. The number of ketones is 1. The Morgan fingerprint density at radius 1 is 1.05 bits per heavy atom. The van der Waals surface area contributed by atoms with E-state index in [2.05, 4.69) is 4.98 Å². The molecule has 1 heterocycles. The minimum atomic E-state index is -0.120. The topological polar surface area (TPSA) is 42.1 Å². The molecule has 0 fully saturated rings. The van der Waals surface area contributed by atoms with Crippen LogP contribution in [0.25, 0.3) is 17.0 Å². The van der Waals surface area contributed by atoms with Crippen molar-refractivity contribution < 1.29 is 9.53 Å². The first kappa shape index (κ1) is 13.2. The SMILES string of the molecule is COC(=Cc1cccc2[nH]ccc12)C(=O)c1ccccc1. The van der Waals surface area contributed by atoms with Crippen LogP contribution in [-0.4, -0.2) is 17.9 Å². The quantitative estimate of drug-likeness (QED) is 0.444. The second-order valence-corrected chi connectivity index (χ2v) is 4.69. The van der Waals surface area contributed by atoms with Gasteiger partial charge in [-0.25, -0.2) is 0 Å². The summed E-state index contributed by atoms with van der Waals surface area (Å²) in [6, 6.07) is 17.0. The molecular weight excluding hydrogens is 262 g/mol. The van der Waals surface area contributed by atoms with Crippen LogP contribution in [0.2, 0.25) is 0 Å². The van der Waals surface area contributed by atoms with Crippen molar-refractivity contribution in [2.45, 2.75) is 0 Å². The molecular formula is C18H15NO2. The predicted molar refractivity (Wildman–Crippen MR) is 84.1 cm³/mol. The average molecular weight is 277 g/mol. The van der Waals surface area contributed by atoms with Crippen molar-refractivity contribution in [2.24, 2.45) is 0 Å². The van der Waals surface area contributed by atoms with Gasteiger partial charge >= 0.3 is 0 Å². The van der Waals surface area contributed by atoms with E-state index in [4.69, 9.17) is 4.74 Å². The molecule has 1 aromatic heterocycles. The van der Waals surface area contributed by atoms with E-state index in [1.165, 1.54) is 7.11 Å². The average Bonchev–Trinajstić information content (AvgIpc) is 3.02. The number of hydrogen-bond acceptors (Lipinski definition) is 2. The van der Waals surface area contributed by atoms with Gasteiger partial charge in [-0.05, 0) is 23.8 Å². The highest BCUT2D eigenvalue weighted by Gasteiger charge is 2.13. The number of carbonyl (C=O) groups is 1. The molecule has 104 valence electrons. The number of hydrogen-bond donors (Lipinski definition) is 1. The van der Waals surface area contributed by atoms with E-state index >= 15 is 0 Å². The lowest BCUT2D eigenvalue weighted by molar-refractivity contribution is 0.0957. The number of rotatable bonds is 4. The number of carbonyl (C=O) groups excluding carboxylic acids is 1. The summed E-state index contributed by atoms with van der Waals surface area (Å²) >= 11 is 0. The van der Waals surface area contributed by atoms with Gasteiger partial charge in [-0.15, -0.1) is 0 Å². The molecule has 3 heteroatoms. The van der Waals surface area contributed by atoms with Crippen molar-refractivity contribution in [3.05, 3.63) is 77.7 Å². The van der Waals surface area contributed by atoms with Crippen LogP contribution in [0.4, 0.5) is 0 Å². The maximum absolute atomic E-state index is 12.5. The van der Waals surface area contributed by atoms with E-state index in [0.29, 0.717) is 11.3 Å². The number of ether oxygens (including phenoxy) is 1. The fraction of sp³-hybridized carbons (Fsp3) is 0.0556. The van der Waals surface area contributed by atoms with E-state index in [-0.39, 0.29) is 5.78 Å². The first-order chi connectivity index (χ1) is 10.3. The molecule has 0 unspecified atom stereocenters. The van der Waals surface area contributed by atoms with Crippen LogP contribution >= 0.6 is 0 Å². The lowest BCUT2D eigenvalue weighted by Crippen LogP contribution is -2.05. The zero-order valence-corrected chi connectivity index (χ0v) is 11.7. The molecule has 0 saturated carbocycles. The third-order valence-electron chi connectivity index (χ3n) is 3.39. The molecule has 0 atom stereocenters. The maximum atomic E-state index is 12.5. The van der Waals surface area contributed by atoms with Gasteiger partial charge in [-0.1, -0.05) is 42.5 Å². The van der Waals surface area contributed by atoms with Gasteiger partial charge in [0.1, 0.15) is 0 Å². The van der Waals surface area contributed by atoms with Crippen molar-refractivity contribution in [1.82, 2.24) is 4.98 Å². The molecule has 3 rings (SSSR count). The van der Waals surface area contributed by atoms with E-state index in [0.717, 1.165) is 16.5 Å². The Morgan fingerprint density at radius 2 is 1.86 bits per heavy atom. The molecule has 3 nitrogen and oxygen atoms in total. The summed E-state index contributed by atoms with van der Waals surface area (Å²) in [7, 11) is 1.52. The number of allylic oxidation sites excluding steroid dienone is 1. The van der Waals surface area contributed by atoms with Crippen molar-refractivity contribution in [2.75, 3.05) is 7.11 Å². The number of H-pyrrole nitrogens is 1. The molecule has 1 N–H and O–H groups in total. The van der Waals surface area contributed by atoms with Crippen molar-refractivity contribution in [3.8, 4) is 0 Å². The van der Waals surface area contributed by atoms with Crippen LogP contribution in [0.3, 0.4) is 0 Å². The zero-order chi connectivity index (χ0) is 14.7. The molecule has 2 aromatic carbocycles. The number of Topliss-reactive ketones (excluding diaryl/α,β-unsaturated/α-hetero) is 1. The zero-order valence-electron chi connectivity index (χ0n) is 11.7. The summed E-state index contributed by atoms with van der Waals surface area (Å²) in [6.45, 7) is 0. The van der Waals surface area contributed by atoms with Crippen LogP contribution < -0.4 is 0 Å². The molecule has 21 heavy (non-hydrogen) atoms. The number of fused-ring (bicyclic) bond motifs is 1. The highest BCUT2D eigenvalue weighted by Crippen LogP contribution is 2.21. The predicted octanol–water partition coefficient (Wildman–Crippen LogP) is 4.04. The van der Waals surface area contributed by atoms with Crippen molar-refractivity contribution in [3.63, 3.8) is 0 Å². The Balaban J connectivity index is 2.03. The fourth-order valence-electron chi connectivity index (χ4n) is 2.33. The minimum Gasteiger partial charge on any atom is -0.493 e. The van der Waals surface area contributed by atoms with Gasteiger partial charge in [0.2, 0.25) is 5.78 Å². The number of aromatic amines is 1. The summed E-state index contributed by atoms with van der Waals surface area (Å²) < 4.78 is 5.30. The summed E-state index contributed by atoms with van der Waals surface area (Å²) in [6.07, 6.45) is 3.67. The van der Waals surface area contributed by atoms with Crippen molar-refractivity contribution >= 4 is 22.8 Å². The van der Waals surface area contributed by atoms with Crippen LogP contribution in [-0.2, 0) is 4.74 Å². The standard InChI is InChI=1S/C18H15NO2/c1-21-17(18(20)13-6-3-2-4-7-13)12-14-8-5-9-16-15(14)10-11-19-16/h2-12,19H,1H3. The molecule has 0 amide bonds. The number of benzene rings is 2. The molecule has 0 saturated heterocycles. The van der Waals surface area contributed by atoms with Gasteiger partial charge in [0.15, 0.2) is 5.76 Å². The number of methoxy groups -OCH3 is 1. The Hall–Kier alpha value is -2.81. The van der Waals surface area contributed by atoms with E-state index < -0.39 is 0 Å². The molecule has 0 aliphatic rings. The first-order valence-electron chi connectivity index (χ1n) is 6.71. The van der Waals surface area contributed by atoms with E-state index in [1.54, 1.807) is 18.2 Å². The number of aromatic nitrogens is 1. The summed E-state index contributed by atoms with van der Waals surface area (Å²) in [5.74, 6) is 0.209. The van der Waals surface area contributed by atoms with Gasteiger partial charge in [0.25, 0.3) is 0 Å². The van der Waals surface area contributed by atoms with Gasteiger partial charge in [-0.2, -0.15) is 0 Å². The third-order valence-corrected chi connectivity index (χ3v) is 3.39. The Kier molecular flexibility index (Phi) is 3.56. The fourth-order valence-corrected chi connectivity index (χ4v) is 2.33. The Bertz CT molecular complexity index is 800. The van der Waals surface area contributed by atoms with Crippen molar-refractivity contribution in [1.29, 1.82) is 0 Å². The largest absolute Gasteiger partial charge is 0.493 e. The highest BCUT2D eigenvalue weighted by molar-refractivity contribution is 6.10. The van der Waals surface area contributed by atoms with Crippen LogP contribution in [0.15, 0.2) is 66.6 Å². The van der Waals surface area contributed by atoms with E-state index in [9.17, 15) is 4.79 Å². The molecule has 0 radical (unpaired) electrons. The number of nitrogens with one attached hydrogen (secondary N) is 1. The third kappa shape index (κ3) is 2.58. The van der Waals surface area contributed by atoms with E-state index in [1.807, 2.05) is 48.7 Å². The summed E-state index contributed by atoms with van der Waals surface area (Å²) in [5, 5.41) is 1.06. The smallest absolute Gasteiger partial charge is 0.227 e. The molecule has 3 aromatic rings. The first-order valence-corrected chi connectivity index (χ1v) is 6.71. The van der Waals surface area contributed by atoms with Crippen LogP contribution in [0.5, 0.6) is 0 Å². The lowest BCUT2D eigenvalue weighted by atomic mass is 10.1. The van der Waals surface area contributed by atoms with Crippen LogP contribution in [0, 0.1) is 0 Å². The van der Waals surface area contributed by atoms with Gasteiger partial charge < -0.3 is 9.72 Å². The second-order valence-electron chi connectivity index (χ2n) is 4.69. The molecule has 0 aliphatic carbocycles. The monoisotopic (exact) mass is 277 g/mol. The minimum absolute atomic E-state index is 0.120. The Labute approximate surface area is 122 Å². The summed E-state index contributed by atoms with van der Waals surface area (Å²) in [5.41, 5.74) is 2.60. The van der Waals surface area contributed by atoms with Gasteiger partial charge in [0, 0.05) is 22.7 Å². The summed E-state index contributed by atoms with van der Waals surface area (Å²) in [4.78, 5) is 15.6. The molecule has 0 aliphatic heterocycles. The maximum Gasteiger partial charge on any atom is 0.227 e. The van der Waals surface area contributed by atoms with Gasteiger partial charge in [0.05, 0.1) is 7.11 Å². The Morgan fingerprint density at radius 3 is 2.62 bits per heavy atom. The lowest BCUT2D eigenvalue weighted by Gasteiger charge is -2.06. The van der Waals surface area contributed by atoms with Crippen LogP contribution in [0.1, 0.15) is 15.9 Å². The second kappa shape index (κ2) is 5.67. The normalized spacial score (nSPS) is 11.6.